The van der Waals surface area contributed by atoms with Gasteiger partial charge in [0.25, 0.3) is 5.91 Å². The molecule has 0 saturated heterocycles. The van der Waals surface area contributed by atoms with Crippen molar-refractivity contribution in [3.8, 4) is 0 Å². The van der Waals surface area contributed by atoms with Crippen LogP contribution in [-0.4, -0.2) is 46.2 Å². The minimum Gasteiger partial charge on any atom is -0.462 e. The molecule has 0 saturated carbocycles. The predicted octanol–water partition coefficient (Wildman–Crippen LogP) is 3.43. The number of fused-ring (bicyclic) bond motifs is 1. The van der Waals surface area contributed by atoms with Gasteiger partial charge in [0.1, 0.15) is 0 Å². The van der Waals surface area contributed by atoms with Crippen molar-refractivity contribution >= 4 is 44.5 Å². The van der Waals surface area contributed by atoms with Gasteiger partial charge in [-0.15, -0.1) is 0 Å². The molecule has 38 heavy (non-hydrogen) atoms. The van der Waals surface area contributed by atoms with Crippen LogP contribution in [0.1, 0.15) is 34.0 Å². The van der Waals surface area contributed by atoms with E-state index >= 15 is 0 Å². The molecule has 0 aromatic heterocycles. The molecule has 1 amide bonds. The number of amides is 1. The second-order valence-electron chi connectivity index (χ2n) is 8.72. The molecule has 10 heteroatoms. The summed E-state index contributed by atoms with van der Waals surface area (Å²) in [6.45, 7) is 3.41. The fraction of sp³-hybridized carbons (Fsp3) is 0.214. The van der Waals surface area contributed by atoms with Crippen molar-refractivity contribution in [2.45, 2.75) is 13.5 Å². The highest BCUT2D eigenvalue weighted by atomic mass is 32.2. The highest BCUT2D eigenvalue weighted by Gasteiger charge is 2.29. The van der Waals surface area contributed by atoms with Crippen LogP contribution < -0.4 is 20.7 Å². The number of benzene rings is 3. The highest BCUT2D eigenvalue weighted by molar-refractivity contribution is 7.88. The average molecular weight is 535 g/mol. The quantitative estimate of drug-likeness (QED) is 0.169. The summed E-state index contributed by atoms with van der Waals surface area (Å²) in [7, 11) is -3.20. The predicted molar refractivity (Wildman–Crippen MR) is 149 cm³/mol. The number of carbonyl (C=O) groups is 2. The van der Waals surface area contributed by atoms with Gasteiger partial charge in [-0.05, 0) is 42.3 Å². The van der Waals surface area contributed by atoms with Crippen LogP contribution in [0.3, 0.4) is 0 Å². The fourth-order valence-corrected chi connectivity index (χ4v) is 4.53. The van der Waals surface area contributed by atoms with Crippen molar-refractivity contribution in [2.24, 2.45) is 0 Å². The summed E-state index contributed by atoms with van der Waals surface area (Å²) in [4.78, 5) is 25.3. The van der Waals surface area contributed by atoms with E-state index in [2.05, 4.69) is 20.7 Å². The Hall–Kier alpha value is -3.99. The summed E-state index contributed by atoms with van der Waals surface area (Å²) in [6, 6.07) is 22.4. The number of anilines is 2. The molecule has 1 aliphatic rings. The number of hydrogen-bond donors (Lipinski definition) is 4. The Morgan fingerprint density at radius 2 is 1.68 bits per heavy atom. The first-order valence-corrected chi connectivity index (χ1v) is 14.1. The normalized spacial score (nSPS) is 14.0. The van der Waals surface area contributed by atoms with Crippen molar-refractivity contribution < 1.29 is 22.7 Å². The topological polar surface area (TPSA) is 126 Å². The molecule has 0 atom stereocenters. The molecule has 198 valence electrons. The molecule has 4 N–H and O–H groups in total. The molecule has 0 radical (unpaired) electrons. The fourth-order valence-electron chi connectivity index (χ4n) is 4.05. The van der Waals surface area contributed by atoms with E-state index < -0.39 is 16.0 Å². The number of carbonyl (C=O) groups excluding carboxylic acids is 2. The third-order valence-electron chi connectivity index (χ3n) is 5.81. The van der Waals surface area contributed by atoms with Gasteiger partial charge < -0.3 is 20.7 Å². The third kappa shape index (κ3) is 6.86. The Labute approximate surface area is 222 Å². The van der Waals surface area contributed by atoms with Gasteiger partial charge in [-0.25, -0.2) is 17.9 Å². The van der Waals surface area contributed by atoms with E-state index in [1.165, 1.54) is 0 Å². The van der Waals surface area contributed by atoms with Crippen LogP contribution in [-0.2, 0) is 26.1 Å². The summed E-state index contributed by atoms with van der Waals surface area (Å²) < 4.78 is 29.8. The lowest BCUT2D eigenvalue weighted by atomic mass is 9.99. The Bertz CT molecular complexity index is 1450. The molecular weight excluding hydrogens is 504 g/mol. The van der Waals surface area contributed by atoms with E-state index in [0.717, 1.165) is 23.1 Å². The van der Waals surface area contributed by atoms with Gasteiger partial charge in [0.15, 0.2) is 0 Å². The van der Waals surface area contributed by atoms with Crippen molar-refractivity contribution in [1.29, 1.82) is 0 Å². The zero-order valence-electron chi connectivity index (χ0n) is 21.2. The highest BCUT2D eigenvalue weighted by Crippen LogP contribution is 2.38. The SMILES string of the molecule is CCOC(=O)c1ccc2c(c1)NC(=O)/C2=C(\Nc1ccc(CNCCNS(C)(=O)=O)cc1)c1ccccc1. The van der Waals surface area contributed by atoms with E-state index in [1.54, 1.807) is 25.1 Å². The average Bonchev–Trinajstić information content (AvgIpc) is 3.22. The smallest absolute Gasteiger partial charge is 0.338 e. The monoisotopic (exact) mass is 534 g/mol. The van der Waals surface area contributed by atoms with Crippen LogP contribution in [0.5, 0.6) is 0 Å². The summed E-state index contributed by atoms with van der Waals surface area (Å²) in [6.07, 6.45) is 1.13. The number of nitrogens with one attached hydrogen (secondary N) is 4. The Morgan fingerprint density at radius 1 is 0.947 bits per heavy atom. The molecule has 0 fully saturated rings. The maximum atomic E-state index is 13.2. The summed E-state index contributed by atoms with van der Waals surface area (Å²) in [5.74, 6) is -0.708. The molecule has 0 unspecified atom stereocenters. The van der Waals surface area contributed by atoms with Crippen LogP contribution in [0.25, 0.3) is 11.3 Å². The lowest BCUT2D eigenvalue weighted by Gasteiger charge is -2.15. The number of sulfonamides is 1. The Morgan fingerprint density at radius 3 is 2.37 bits per heavy atom. The van der Waals surface area contributed by atoms with E-state index in [-0.39, 0.29) is 12.5 Å². The first-order valence-electron chi connectivity index (χ1n) is 12.2. The Balaban J connectivity index is 1.57. The van der Waals surface area contributed by atoms with Crippen molar-refractivity contribution in [3.05, 3.63) is 95.1 Å². The third-order valence-corrected chi connectivity index (χ3v) is 6.53. The molecule has 1 heterocycles. The molecule has 3 aromatic rings. The molecule has 0 aliphatic carbocycles. The molecule has 0 spiro atoms. The number of esters is 1. The molecule has 1 aliphatic heterocycles. The van der Waals surface area contributed by atoms with E-state index in [1.807, 2.05) is 54.6 Å². The summed E-state index contributed by atoms with van der Waals surface area (Å²) >= 11 is 0. The molecule has 3 aromatic carbocycles. The van der Waals surface area contributed by atoms with Gasteiger partial charge in [-0.2, -0.15) is 0 Å². The maximum Gasteiger partial charge on any atom is 0.338 e. The van der Waals surface area contributed by atoms with Crippen molar-refractivity contribution in [3.63, 3.8) is 0 Å². The zero-order chi connectivity index (χ0) is 27.1. The van der Waals surface area contributed by atoms with Gasteiger partial charge >= 0.3 is 5.97 Å². The molecular formula is C28H30N4O5S. The summed E-state index contributed by atoms with van der Waals surface area (Å²) in [5, 5.41) is 9.49. The second kappa shape index (κ2) is 12.0. The molecule has 4 rings (SSSR count). The van der Waals surface area contributed by atoms with Gasteiger partial charge in [-0.1, -0.05) is 48.5 Å². The standard InChI is InChI=1S/C28H30N4O5S/c1-3-37-28(34)21-11-14-23-24(17-21)32-27(33)25(23)26(20-7-5-4-6-8-20)31-22-12-9-19(10-13-22)18-29-15-16-30-38(2,35)36/h4-14,17,29-31H,3,15-16,18H2,1-2H3,(H,32,33)/b26-25-. The van der Waals surface area contributed by atoms with Crippen LogP contribution in [0, 0.1) is 0 Å². The molecule has 0 bridgehead atoms. The van der Waals surface area contributed by atoms with Crippen molar-refractivity contribution in [2.75, 3.05) is 36.6 Å². The van der Waals surface area contributed by atoms with Crippen molar-refractivity contribution in [1.82, 2.24) is 10.0 Å². The number of hydrogen-bond acceptors (Lipinski definition) is 7. The van der Waals surface area contributed by atoms with Crippen LogP contribution in [0.2, 0.25) is 0 Å². The van der Waals surface area contributed by atoms with Gasteiger partial charge in [0.05, 0.1) is 35.4 Å². The van der Waals surface area contributed by atoms with Crippen LogP contribution in [0.15, 0.2) is 72.8 Å². The Kier molecular flexibility index (Phi) is 8.57. The largest absolute Gasteiger partial charge is 0.462 e. The first-order chi connectivity index (χ1) is 18.2. The van der Waals surface area contributed by atoms with Crippen LogP contribution in [0.4, 0.5) is 11.4 Å². The van der Waals surface area contributed by atoms with Gasteiger partial charge in [-0.3, -0.25) is 4.79 Å². The first kappa shape index (κ1) is 27.1. The minimum atomic E-state index is -3.20. The van der Waals surface area contributed by atoms with Crippen LogP contribution >= 0.6 is 0 Å². The van der Waals surface area contributed by atoms with E-state index in [9.17, 15) is 18.0 Å². The second-order valence-corrected chi connectivity index (χ2v) is 10.5. The minimum absolute atomic E-state index is 0.268. The van der Waals surface area contributed by atoms with E-state index in [0.29, 0.717) is 47.7 Å². The van der Waals surface area contributed by atoms with E-state index in [4.69, 9.17) is 4.74 Å². The zero-order valence-corrected chi connectivity index (χ0v) is 22.0. The maximum absolute atomic E-state index is 13.2. The lowest BCUT2D eigenvalue weighted by Crippen LogP contribution is -2.30. The lowest BCUT2D eigenvalue weighted by molar-refractivity contribution is -0.110. The number of ether oxygens (including phenoxy) is 1. The van der Waals surface area contributed by atoms with Gasteiger partial charge in [0, 0.05) is 30.9 Å². The molecule has 9 nitrogen and oxygen atoms in total. The van der Waals surface area contributed by atoms with Gasteiger partial charge in [0.2, 0.25) is 10.0 Å². The summed E-state index contributed by atoms with van der Waals surface area (Å²) in [5.41, 5.74) is 5.40. The number of rotatable bonds is 11.